The SMILES string of the molecule is FC1=CC2=CC=N[C@@H]2N=C1. The van der Waals surface area contributed by atoms with Crippen LogP contribution in [0.4, 0.5) is 4.39 Å². The number of dihydropyridines is 1. The van der Waals surface area contributed by atoms with Gasteiger partial charge in [0.25, 0.3) is 0 Å². The summed E-state index contributed by atoms with van der Waals surface area (Å²) in [5.74, 6) is -0.298. The van der Waals surface area contributed by atoms with Gasteiger partial charge in [-0.2, -0.15) is 0 Å². The summed E-state index contributed by atoms with van der Waals surface area (Å²) in [5.41, 5.74) is 0.833. The number of halogens is 1. The predicted molar refractivity (Wildman–Crippen MR) is 38.0 cm³/mol. The van der Waals surface area contributed by atoms with Crippen LogP contribution in [0.1, 0.15) is 0 Å². The summed E-state index contributed by atoms with van der Waals surface area (Å²) < 4.78 is 12.4. The highest BCUT2D eigenvalue weighted by atomic mass is 19.1. The summed E-state index contributed by atoms with van der Waals surface area (Å²) in [6, 6.07) is 0. The number of hydrogen-bond donors (Lipinski definition) is 0. The van der Waals surface area contributed by atoms with Gasteiger partial charge >= 0.3 is 0 Å². The van der Waals surface area contributed by atoms with Gasteiger partial charge in [-0.25, -0.2) is 4.39 Å². The number of fused-ring (bicyclic) bond motifs is 1. The van der Waals surface area contributed by atoms with Crippen molar-refractivity contribution in [3.05, 3.63) is 23.6 Å². The molecule has 50 valence electrons. The molecule has 0 aromatic rings. The molecule has 0 spiro atoms. The first-order valence-corrected chi connectivity index (χ1v) is 3.00. The molecule has 0 saturated carbocycles. The smallest absolute Gasteiger partial charge is 0.165 e. The summed E-state index contributed by atoms with van der Waals surface area (Å²) in [6.07, 6.45) is 5.89. The third-order valence-corrected chi connectivity index (χ3v) is 1.44. The van der Waals surface area contributed by atoms with Gasteiger partial charge in [0.2, 0.25) is 0 Å². The van der Waals surface area contributed by atoms with Gasteiger partial charge in [-0.15, -0.1) is 0 Å². The fraction of sp³-hybridized carbons (Fsp3) is 0.143. The number of rotatable bonds is 0. The lowest BCUT2D eigenvalue weighted by atomic mass is 10.2. The highest BCUT2D eigenvalue weighted by Gasteiger charge is 2.15. The van der Waals surface area contributed by atoms with E-state index in [1.165, 1.54) is 12.3 Å². The largest absolute Gasteiger partial charge is 0.262 e. The normalized spacial score (nSPS) is 27.9. The molecule has 2 aliphatic heterocycles. The molecule has 2 rings (SSSR count). The van der Waals surface area contributed by atoms with Gasteiger partial charge < -0.3 is 0 Å². The molecule has 0 bridgehead atoms. The van der Waals surface area contributed by atoms with Crippen molar-refractivity contribution in [1.29, 1.82) is 0 Å². The van der Waals surface area contributed by atoms with Crippen molar-refractivity contribution in [1.82, 2.24) is 0 Å². The Morgan fingerprint density at radius 3 is 3.20 bits per heavy atom. The highest BCUT2D eigenvalue weighted by molar-refractivity contribution is 5.84. The van der Waals surface area contributed by atoms with E-state index in [2.05, 4.69) is 9.98 Å². The monoisotopic (exact) mass is 136 g/mol. The zero-order valence-corrected chi connectivity index (χ0v) is 5.16. The molecule has 2 nitrogen and oxygen atoms in total. The molecule has 0 aromatic heterocycles. The fourth-order valence-corrected chi connectivity index (χ4v) is 0.968. The van der Waals surface area contributed by atoms with Crippen LogP contribution in [0.25, 0.3) is 0 Å². The Kier molecular flexibility index (Phi) is 1.03. The molecule has 0 fully saturated rings. The molecule has 2 heterocycles. The molecule has 0 N–H and O–H groups in total. The molecule has 3 heteroatoms. The van der Waals surface area contributed by atoms with Crippen LogP contribution >= 0.6 is 0 Å². The van der Waals surface area contributed by atoms with Crippen LogP contribution in [-0.4, -0.2) is 18.6 Å². The molecule has 0 unspecified atom stereocenters. The van der Waals surface area contributed by atoms with E-state index in [-0.39, 0.29) is 12.0 Å². The third kappa shape index (κ3) is 0.708. The average Bonchev–Trinajstić information content (AvgIpc) is 2.33. The number of nitrogens with zero attached hydrogens (tertiary/aromatic N) is 2. The zero-order valence-electron chi connectivity index (χ0n) is 5.16. The van der Waals surface area contributed by atoms with Crippen molar-refractivity contribution in [2.45, 2.75) is 6.17 Å². The van der Waals surface area contributed by atoms with E-state index in [4.69, 9.17) is 0 Å². The van der Waals surface area contributed by atoms with Gasteiger partial charge in [-0.05, 0) is 12.2 Å². The van der Waals surface area contributed by atoms with Gasteiger partial charge in [0, 0.05) is 11.8 Å². The van der Waals surface area contributed by atoms with Crippen LogP contribution in [0.2, 0.25) is 0 Å². The molecule has 2 aliphatic rings. The van der Waals surface area contributed by atoms with Gasteiger partial charge in [-0.1, -0.05) is 0 Å². The molecular formula is C7H5FN2. The first-order chi connectivity index (χ1) is 4.86. The first kappa shape index (κ1) is 5.53. The summed E-state index contributed by atoms with van der Waals surface area (Å²) in [7, 11) is 0. The van der Waals surface area contributed by atoms with E-state index in [0.717, 1.165) is 5.57 Å². The Hall–Kier alpha value is -1.25. The third-order valence-electron chi connectivity index (χ3n) is 1.44. The maximum absolute atomic E-state index is 12.4. The molecule has 10 heavy (non-hydrogen) atoms. The van der Waals surface area contributed by atoms with Crippen molar-refractivity contribution in [2.75, 3.05) is 0 Å². The van der Waals surface area contributed by atoms with Crippen LogP contribution in [0.3, 0.4) is 0 Å². The maximum atomic E-state index is 12.4. The van der Waals surface area contributed by atoms with Gasteiger partial charge in [0.05, 0.1) is 6.21 Å². The second-order valence-electron chi connectivity index (χ2n) is 2.15. The van der Waals surface area contributed by atoms with Crippen LogP contribution in [0.15, 0.2) is 33.5 Å². The van der Waals surface area contributed by atoms with E-state index in [0.29, 0.717) is 0 Å². The second kappa shape index (κ2) is 1.87. The molecule has 0 aliphatic carbocycles. The zero-order chi connectivity index (χ0) is 6.97. The molecule has 0 amide bonds. The lowest BCUT2D eigenvalue weighted by Gasteiger charge is -2.06. The van der Waals surface area contributed by atoms with Gasteiger partial charge in [-0.3, -0.25) is 9.98 Å². The number of allylic oxidation sites excluding steroid dienone is 2. The van der Waals surface area contributed by atoms with E-state index >= 15 is 0 Å². The molecular weight excluding hydrogens is 131 g/mol. The lowest BCUT2D eigenvalue weighted by molar-refractivity contribution is 0.672. The maximum Gasteiger partial charge on any atom is 0.165 e. The highest BCUT2D eigenvalue weighted by Crippen LogP contribution is 2.19. The summed E-state index contributed by atoms with van der Waals surface area (Å²) >= 11 is 0. The first-order valence-electron chi connectivity index (χ1n) is 3.00. The fourth-order valence-electron chi connectivity index (χ4n) is 0.968. The lowest BCUT2D eigenvalue weighted by Crippen LogP contribution is -2.04. The Bertz CT molecular complexity index is 273. The molecule has 0 aromatic carbocycles. The van der Waals surface area contributed by atoms with Crippen molar-refractivity contribution < 1.29 is 4.39 Å². The molecule has 1 atom stereocenters. The van der Waals surface area contributed by atoms with Crippen LogP contribution in [-0.2, 0) is 0 Å². The minimum absolute atomic E-state index is 0.167. The van der Waals surface area contributed by atoms with E-state index in [9.17, 15) is 4.39 Å². The van der Waals surface area contributed by atoms with Crippen molar-refractivity contribution >= 4 is 12.4 Å². The summed E-state index contributed by atoms with van der Waals surface area (Å²) in [5, 5.41) is 0. The van der Waals surface area contributed by atoms with Gasteiger partial charge in [0.15, 0.2) is 6.17 Å². The van der Waals surface area contributed by atoms with E-state index < -0.39 is 0 Å². The second-order valence-corrected chi connectivity index (χ2v) is 2.15. The standard InChI is InChI=1S/C7H5FN2/c8-6-3-5-1-2-9-7(5)10-4-6/h1-4,7H/t7-/m1/s1. The summed E-state index contributed by atoms with van der Waals surface area (Å²) in [6.45, 7) is 0. The Labute approximate surface area is 57.5 Å². The number of aliphatic imine (C=N–C) groups is 2. The summed E-state index contributed by atoms with van der Waals surface area (Å²) in [4.78, 5) is 7.80. The van der Waals surface area contributed by atoms with Gasteiger partial charge in [0.1, 0.15) is 5.83 Å². The molecule has 0 saturated heterocycles. The van der Waals surface area contributed by atoms with Crippen molar-refractivity contribution in [2.24, 2.45) is 9.98 Å². The van der Waals surface area contributed by atoms with Crippen molar-refractivity contribution in [3.8, 4) is 0 Å². The topological polar surface area (TPSA) is 24.7 Å². The van der Waals surface area contributed by atoms with Crippen LogP contribution < -0.4 is 0 Å². The average molecular weight is 136 g/mol. The molecule has 0 radical (unpaired) electrons. The van der Waals surface area contributed by atoms with E-state index in [1.54, 1.807) is 12.3 Å². The Balaban J connectivity index is 2.39. The van der Waals surface area contributed by atoms with Crippen LogP contribution in [0.5, 0.6) is 0 Å². The minimum Gasteiger partial charge on any atom is -0.262 e. The Morgan fingerprint density at radius 1 is 1.40 bits per heavy atom. The van der Waals surface area contributed by atoms with E-state index in [1.807, 2.05) is 0 Å². The quantitative estimate of drug-likeness (QED) is 0.479. The van der Waals surface area contributed by atoms with Crippen molar-refractivity contribution in [3.63, 3.8) is 0 Å². The van der Waals surface area contributed by atoms with Crippen LogP contribution in [0, 0.1) is 0 Å². The minimum atomic E-state index is -0.298. The number of hydrogen-bond acceptors (Lipinski definition) is 2. The Morgan fingerprint density at radius 2 is 2.30 bits per heavy atom. The predicted octanol–water partition coefficient (Wildman–Crippen LogP) is 1.26.